The van der Waals surface area contributed by atoms with Crippen LogP contribution in [0.25, 0.3) is 22.3 Å². The Kier molecular flexibility index (Phi) is 5.05. The van der Waals surface area contributed by atoms with Gasteiger partial charge in [-0.1, -0.05) is 12.1 Å². The minimum absolute atomic E-state index is 0.101. The van der Waals surface area contributed by atoms with Gasteiger partial charge >= 0.3 is 0 Å². The molecule has 3 N–H and O–H groups in total. The maximum Gasteiger partial charge on any atom is 0.223 e. The maximum atomic E-state index is 9.74. The molecule has 0 bridgehead atoms. The molecule has 0 radical (unpaired) electrons. The summed E-state index contributed by atoms with van der Waals surface area (Å²) in [5, 5.41) is 13.0. The summed E-state index contributed by atoms with van der Waals surface area (Å²) in [5.41, 5.74) is 3.66. The number of aromatic nitrogens is 4. The van der Waals surface area contributed by atoms with Gasteiger partial charge in [0.15, 0.2) is 11.5 Å². The van der Waals surface area contributed by atoms with Crippen molar-refractivity contribution in [3.63, 3.8) is 0 Å². The number of nitrogens with one attached hydrogen (secondary N) is 2. The van der Waals surface area contributed by atoms with Crippen LogP contribution in [-0.4, -0.2) is 38.7 Å². The molecule has 0 saturated heterocycles. The van der Waals surface area contributed by atoms with Crippen LogP contribution < -0.4 is 10.1 Å². The zero-order chi connectivity index (χ0) is 19.3. The molecule has 0 aliphatic rings. The van der Waals surface area contributed by atoms with E-state index in [4.69, 9.17) is 4.74 Å². The smallest absolute Gasteiger partial charge is 0.223 e. The van der Waals surface area contributed by atoms with Gasteiger partial charge in [-0.2, -0.15) is 0 Å². The third-order valence-electron chi connectivity index (χ3n) is 4.44. The Morgan fingerprint density at radius 2 is 2.00 bits per heavy atom. The number of aromatic hydroxyl groups is 1. The predicted molar refractivity (Wildman–Crippen MR) is 109 cm³/mol. The normalized spacial score (nSPS) is 10.9. The number of benzene rings is 2. The summed E-state index contributed by atoms with van der Waals surface area (Å²) in [7, 11) is 1.52. The number of nitrogens with zero attached hydrogens (tertiary/aromatic N) is 3. The van der Waals surface area contributed by atoms with Crippen molar-refractivity contribution in [1.29, 1.82) is 0 Å². The molecule has 4 rings (SSSR count). The largest absolute Gasteiger partial charge is 0.504 e. The predicted octanol–water partition coefficient (Wildman–Crippen LogP) is 3.78. The number of methoxy groups -OCH3 is 1. The second kappa shape index (κ2) is 7.96. The van der Waals surface area contributed by atoms with E-state index >= 15 is 0 Å². The highest BCUT2D eigenvalue weighted by atomic mass is 16.5. The van der Waals surface area contributed by atoms with Gasteiger partial charge in [0.2, 0.25) is 5.95 Å². The Bertz CT molecular complexity index is 1060. The summed E-state index contributed by atoms with van der Waals surface area (Å²) in [6.07, 6.45) is 3.46. The molecule has 0 unspecified atom stereocenters. The number of phenolic OH excluding ortho intramolecular Hbond substituents is 1. The van der Waals surface area contributed by atoms with E-state index in [1.54, 1.807) is 24.4 Å². The first-order valence-electron chi connectivity index (χ1n) is 9.11. The highest BCUT2D eigenvalue weighted by Crippen LogP contribution is 2.30. The third-order valence-corrected chi connectivity index (χ3v) is 4.44. The van der Waals surface area contributed by atoms with Gasteiger partial charge in [-0.05, 0) is 42.8 Å². The monoisotopic (exact) mass is 375 g/mol. The minimum Gasteiger partial charge on any atom is -0.504 e. The Labute approximate surface area is 162 Å². The topological polar surface area (TPSA) is 96.0 Å². The van der Waals surface area contributed by atoms with E-state index in [1.165, 1.54) is 7.11 Å². The quantitative estimate of drug-likeness (QED) is 0.426. The Balaban J connectivity index is 1.37. The van der Waals surface area contributed by atoms with E-state index in [1.807, 2.05) is 30.3 Å². The summed E-state index contributed by atoms with van der Waals surface area (Å²) in [5.74, 6) is 2.06. The fraction of sp³-hybridized carbons (Fsp3) is 0.190. The average Bonchev–Trinajstić information content (AvgIpc) is 3.15. The van der Waals surface area contributed by atoms with Crippen molar-refractivity contribution in [1.82, 2.24) is 19.9 Å². The number of para-hydroxylation sites is 2. The second-order valence-electron chi connectivity index (χ2n) is 6.38. The minimum atomic E-state index is 0.101. The van der Waals surface area contributed by atoms with Crippen LogP contribution in [0.15, 0.2) is 54.7 Å². The number of phenols is 1. The van der Waals surface area contributed by atoms with Crippen molar-refractivity contribution < 1.29 is 9.84 Å². The number of aryl methyl sites for hydroxylation is 1. The van der Waals surface area contributed by atoms with Gasteiger partial charge in [0.1, 0.15) is 5.82 Å². The molecular formula is C21H21N5O2. The molecule has 2 aromatic carbocycles. The number of hydrogen-bond acceptors (Lipinski definition) is 6. The van der Waals surface area contributed by atoms with Crippen LogP contribution in [0.3, 0.4) is 0 Å². The molecule has 0 aliphatic heterocycles. The standard InChI is InChI=1S/C21H21N5O2/c1-28-19-13-14(8-9-18(19)27)15-10-12-23-21(26-15)22-11-4-7-20-24-16-5-2-3-6-17(16)25-20/h2-3,5-6,8-10,12-13,27H,4,7,11H2,1H3,(H,24,25)(H,22,23,26). The summed E-state index contributed by atoms with van der Waals surface area (Å²) in [4.78, 5) is 16.7. The molecule has 0 saturated carbocycles. The summed E-state index contributed by atoms with van der Waals surface area (Å²) < 4.78 is 5.16. The molecule has 142 valence electrons. The number of H-pyrrole nitrogens is 1. The van der Waals surface area contributed by atoms with Crippen LogP contribution in [0.1, 0.15) is 12.2 Å². The van der Waals surface area contributed by atoms with Crippen LogP contribution >= 0.6 is 0 Å². The Morgan fingerprint density at radius 3 is 2.86 bits per heavy atom. The van der Waals surface area contributed by atoms with Crippen LogP contribution in [0, 0.1) is 0 Å². The van der Waals surface area contributed by atoms with Crippen LogP contribution in [0.2, 0.25) is 0 Å². The van der Waals surface area contributed by atoms with Crippen molar-refractivity contribution in [3.05, 3.63) is 60.6 Å². The molecule has 7 heteroatoms. The van der Waals surface area contributed by atoms with Gasteiger partial charge in [-0.15, -0.1) is 0 Å². The molecular weight excluding hydrogens is 354 g/mol. The lowest BCUT2D eigenvalue weighted by atomic mass is 10.1. The SMILES string of the molecule is COc1cc(-c2ccnc(NCCCc3nc4ccccc4[nH]3)n2)ccc1O. The average molecular weight is 375 g/mol. The first-order valence-corrected chi connectivity index (χ1v) is 9.11. The van der Waals surface area contributed by atoms with E-state index in [9.17, 15) is 5.11 Å². The fourth-order valence-corrected chi connectivity index (χ4v) is 3.02. The third kappa shape index (κ3) is 3.88. The van der Waals surface area contributed by atoms with E-state index in [0.29, 0.717) is 11.7 Å². The maximum absolute atomic E-state index is 9.74. The van der Waals surface area contributed by atoms with E-state index in [-0.39, 0.29) is 5.75 Å². The fourth-order valence-electron chi connectivity index (χ4n) is 3.02. The van der Waals surface area contributed by atoms with Crippen molar-refractivity contribution in [2.45, 2.75) is 12.8 Å². The van der Waals surface area contributed by atoms with Gasteiger partial charge < -0.3 is 20.1 Å². The number of fused-ring (bicyclic) bond motifs is 1. The molecule has 0 spiro atoms. The second-order valence-corrected chi connectivity index (χ2v) is 6.38. The molecule has 0 fully saturated rings. The van der Waals surface area contributed by atoms with Gasteiger partial charge in [-0.25, -0.2) is 15.0 Å². The van der Waals surface area contributed by atoms with E-state index in [0.717, 1.165) is 47.5 Å². The molecule has 2 aromatic heterocycles. The number of imidazole rings is 1. The first-order chi connectivity index (χ1) is 13.7. The highest BCUT2D eigenvalue weighted by Gasteiger charge is 2.07. The van der Waals surface area contributed by atoms with Crippen LogP contribution in [0.5, 0.6) is 11.5 Å². The molecule has 2 heterocycles. The van der Waals surface area contributed by atoms with E-state index in [2.05, 4.69) is 25.3 Å². The molecule has 0 amide bonds. The van der Waals surface area contributed by atoms with Crippen molar-refractivity contribution in [2.24, 2.45) is 0 Å². The number of ether oxygens (including phenoxy) is 1. The van der Waals surface area contributed by atoms with Gasteiger partial charge in [0, 0.05) is 24.7 Å². The van der Waals surface area contributed by atoms with Crippen molar-refractivity contribution in [2.75, 3.05) is 19.0 Å². The lowest BCUT2D eigenvalue weighted by molar-refractivity contribution is 0.373. The summed E-state index contributed by atoms with van der Waals surface area (Å²) >= 11 is 0. The van der Waals surface area contributed by atoms with Crippen molar-refractivity contribution in [3.8, 4) is 22.8 Å². The Morgan fingerprint density at radius 1 is 1.11 bits per heavy atom. The van der Waals surface area contributed by atoms with Gasteiger partial charge in [-0.3, -0.25) is 0 Å². The molecule has 7 nitrogen and oxygen atoms in total. The summed E-state index contributed by atoms with van der Waals surface area (Å²) in [6, 6.07) is 15.0. The number of rotatable bonds is 7. The highest BCUT2D eigenvalue weighted by molar-refractivity contribution is 5.74. The number of aromatic amines is 1. The molecule has 28 heavy (non-hydrogen) atoms. The number of hydrogen-bond donors (Lipinski definition) is 3. The Hall–Kier alpha value is -3.61. The van der Waals surface area contributed by atoms with Gasteiger partial charge in [0.25, 0.3) is 0 Å². The van der Waals surface area contributed by atoms with Crippen LogP contribution in [-0.2, 0) is 6.42 Å². The molecule has 0 atom stereocenters. The lowest BCUT2D eigenvalue weighted by Crippen LogP contribution is -2.07. The van der Waals surface area contributed by atoms with Crippen molar-refractivity contribution >= 4 is 17.0 Å². The summed E-state index contributed by atoms with van der Waals surface area (Å²) in [6.45, 7) is 0.736. The molecule has 4 aromatic rings. The zero-order valence-electron chi connectivity index (χ0n) is 15.5. The molecule has 0 aliphatic carbocycles. The van der Waals surface area contributed by atoms with E-state index < -0.39 is 0 Å². The lowest BCUT2D eigenvalue weighted by Gasteiger charge is -2.08. The zero-order valence-corrected chi connectivity index (χ0v) is 15.5. The van der Waals surface area contributed by atoms with Crippen LogP contribution in [0.4, 0.5) is 5.95 Å². The number of anilines is 1. The first kappa shape index (κ1) is 17.8. The van der Waals surface area contributed by atoms with Gasteiger partial charge in [0.05, 0.1) is 23.8 Å².